The van der Waals surface area contributed by atoms with Crippen LogP contribution in [0.2, 0.25) is 0 Å². The van der Waals surface area contributed by atoms with Gasteiger partial charge in [0.25, 0.3) is 0 Å². The molecule has 0 aliphatic carbocycles. The normalized spacial score (nSPS) is 23.1. The molecule has 0 fully saturated rings. The Labute approximate surface area is 120 Å². The molecule has 2 aromatic carbocycles. The van der Waals surface area contributed by atoms with Crippen LogP contribution in [0.5, 0.6) is 0 Å². The molecule has 0 amide bonds. The summed E-state index contributed by atoms with van der Waals surface area (Å²) in [7, 11) is 0. The number of fused-ring (bicyclic) bond motifs is 1. The summed E-state index contributed by atoms with van der Waals surface area (Å²) in [5.74, 6) is 0. The first-order valence-corrected chi connectivity index (χ1v) is 5.31. The molecule has 0 heterocycles. The van der Waals surface area contributed by atoms with Crippen molar-refractivity contribution in [3.8, 4) is 0 Å². The van der Waals surface area contributed by atoms with Gasteiger partial charge in [0.15, 0.2) is 0 Å². The van der Waals surface area contributed by atoms with E-state index in [-0.39, 0.29) is 10.5 Å². The van der Waals surface area contributed by atoms with E-state index in [9.17, 15) is 0 Å². The van der Waals surface area contributed by atoms with Crippen molar-refractivity contribution in [2.75, 3.05) is 13.5 Å². The van der Waals surface area contributed by atoms with E-state index in [0.717, 1.165) is 0 Å². The quantitative estimate of drug-likeness (QED) is 0.797. The minimum Gasteiger partial charge on any atom is -0.298 e. The van der Waals surface area contributed by atoms with E-state index >= 15 is 0 Å². The monoisotopic (exact) mass is 254 g/mol. The molecule has 0 radical (unpaired) electrons. The molecule has 0 atom stereocenters. The molecule has 0 saturated carbocycles. The predicted octanol–water partition coefficient (Wildman–Crippen LogP) is 4.02. The zero-order valence-electron chi connectivity index (χ0n) is 17.9. The van der Waals surface area contributed by atoms with E-state index in [1.54, 1.807) is 30.3 Å². The standard InChI is InChI=1S/C15H16ClN/c1-17(11-5-10-16)12-14-8-4-7-13-6-2-3-9-15(13)14/h2-10H,11-12H2,1H3/i1D3,5D,10D,11D2,12D2. The molecule has 2 rings (SSSR count). The van der Waals surface area contributed by atoms with Gasteiger partial charge in [-0.05, 0) is 23.3 Å². The van der Waals surface area contributed by atoms with Gasteiger partial charge < -0.3 is 0 Å². The number of rotatable bonds is 4. The van der Waals surface area contributed by atoms with Crippen LogP contribution in [0.1, 0.15) is 17.9 Å². The van der Waals surface area contributed by atoms with Crippen LogP contribution < -0.4 is 0 Å². The summed E-state index contributed by atoms with van der Waals surface area (Å²) >= 11 is 5.38. The lowest BCUT2D eigenvalue weighted by molar-refractivity contribution is 0.365. The van der Waals surface area contributed by atoms with Gasteiger partial charge in [-0.1, -0.05) is 60.1 Å². The van der Waals surface area contributed by atoms with Crippen molar-refractivity contribution in [3.05, 3.63) is 59.6 Å². The second kappa shape index (κ2) is 5.85. The average Bonchev–Trinajstić information content (AvgIpc) is 2.51. The van der Waals surface area contributed by atoms with E-state index in [1.807, 2.05) is 0 Å². The Bertz CT molecular complexity index is 835. The molecule has 2 aromatic rings. The summed E-state index contributed by atoms with van der Waals surface area (Å²) in [6, 6.07) is 10.2. The van der Waals surface area contributed by atoms with Crippen molar-refractivity contribution in [2.45, 2.75) is 6.50 Å². The average molecular weight is 255 g/mol. The summed E-state index contributed by atoms with van der Waals surface area (Å²) in [4.78, 5) is -0.0337. The lowest BCUT2D eigenvalue weighted by Crippen LogP contribution is -2.17. The Hall–Kier alpha value is -1.31. The van der Waals surface area contributed by atoms with Crippen molar-refractivity contribution in [1.82, 2.24) is 4.90 Å². The highest BCUT2D eigenvalue weighted by molar-refractivity contribution is 6.25. The number of benzene rings is 2. The van der Waals surface area contributed by atoms with Crippen LogP contribution >= 0.6 is 11.6 Å². The minimum absolute atomic E-state index is 0.0337. The third-order valence-corrected chi connectivity index (χ3v) is 2.33. The van der Waals surface area contributed by atoms with Gasteiger partial charge in [-0.15, -0.1) is 0 Å². The molecule has 1 nitrogen and oxygen atoms in total. The lowest BCUT2D eigenvalue weighted by Gasteiger charge is -2.15. The first-order valence-electron chi connectivity index (χ1n) is 9.43. The minimum atomic E-state index is -3.25. The van der Waals surface area contributed by atoms with Crippen LogP contribution in [0.25, 0.3) is 10.8 Å². The number of hydrogen-bond donors (Lipinski definition) is 0. The third kappa shape index (κ3) is 3.09. The molecular weight excluding hydrogens is 230 g/mol. The molecule has 0 bridgehead atoms. The van der Waals surface area contributed by atoms with Crippen LogP contribution in [0.15, 0.2) is 54.0 Å². The molecule has 0 aromatic heterocycles. The Morgan fingerprint density at radius 3 is 3.00 bits per heavy atom. The number of nitrogens with zero attached hydrogens (tertiary/aromatic N) is 1. The highest BCUT2D eigenvalue weighted by atomic mass is 35.5. The van der Waals surface area contributed by atoms with Gasteiger partial charge in [0, 0.05) is 28.1 Å². The SMILES string of the molecule is [2H]C(Cl)=C([2H])C([2H])([2H])N(C([2H])([2H])[2H])C([2H])([2H])c1cccc2ccccc12. The maximum atomic E-state index is 8.43. The van der Waals surface area contributed by atoms with Gasteiger partial charge >= 0.3 is 0 Å². The van der Waals surface area contributed by atoms with E-state index in [2.05, 4.69) is 0 Å². The largest absolute Gasteiger partial charge is 0.298 e. The summed E-state index contributed by atoms with van der Waals surface area (Å²) in [5, 5.41) is 1.07. The Morgan fingerprint density at radius 2 is 2.18 bits per heavy atom. The van der Waals surface area contributed by atoms with E-state index < -0.39 is 31.5 Å². The fourth-order valence-electron chi connectivity index (χ4n) is 1.55. The van der Waals surface area contributed by atoms with Gasteiger partial charge in [0.1, 0.15) is 0 Å². The molecule has 2 heteroatoms. The molecule has 0 aliphatic rings. The highest BCUT2D eigenvalue weighted by Gasteiger charge is 2.02. The van der Waals surface area contributed by atoms with Crippen molar-refractivity contribution >= 4 is 22.4 Å². The summed E-state index contributed by atoms with van der Waals surface area (Å²) in [5.41, 5.74) is -1.07. The van der Waals surface area contributed by atoms with E-state index in [1.165, 1.54) is 12.1 Å². The van der Waals surface area contributed by atoms with Crippen LogP contribution in [0.4, 0.5) is 0 Å². The fraction of sp³-hybridized carbons (Fsp3) is 0.200. The Kier molecular flexibility index (Phi) is 1.77. The van der Waals surface area contributed by atoms with Gasteiger partial charge in [-0.25, -0.2) is 0 Å². The molecule has 88 valence electrons. The Balaban J connectivity index is 2.77. The van der Waals surface area contributed by atoms with E-state index in [4.69, 9.17) is 23.9 Å². The second-order valence-electron chi connectivity index (χ2n) is 3.31. The van der Waals surface area contributed by atoms with Crippen LogP contribution in [-0.2, 0) is 6.50 Å². The lowest BCUT2D eigenvalue weighted by atomic mass is 10.0. The van der Waals surface area contributed by atoms with E-state index in [0.29, 0.717) is 10.8 Å². The summed E-state index contributed by atoms with van der Waals surface area (Å²) in [6.45, 7) is -9.22. The molecule has 0 unspecified atom stereocenters. The molecule has 17 heavy (non-hydrogen) atoms. The van der Waals surface area contributed by atoms with Crippen LogP contribution in [0.3, 0.4) is 0 Å². The molecule has 0 N–H and O–H groups in total. The predicted molar refractivity (Wildman–Crippen MR) is 75.3 cm³/mol. The van der Waals surface area contributed by atoms with Crippen molar-refractivity contribution < 1.29 is 12.3 Å². The molecule has 0 spiro atoms. The topological polar surface area (TPSA) is 3.24 Å². The van der Waals surface area contributed by atoms with Crippen molar-refractivity contribution in [3.63, 3.8) is 0 Å². The number of likely N-dealkylation sites (N-methyl/N-ethyl adjacent to an activating group) is 1. The summed E-state index contributed by atoms with van der Waals surface area (Å²) < 4.78 is 70.8. The fourth-order valence-corrected chi connectivity index (χ4v) is 1.59. The number of hydrogen-bond acceptors (Lipinski definition) is 1. The highest BCUT2D eigenvalue weighted by Crippen LogP contribution is 2.19. The molecule has 0 aliphatic heterocycles. The summed E-state index contributed by atoms with van der Waals surface area (Å²) in [6.07, 6.45) is 0. The van der Waals surface area contributed by atoms with Crippen molar-refractivity contribution in [2.24, 2.45) is 0 Å². The van der Waals surface area contributed by atoms with Crippen LogP contribution in [-0.4, -0.2) is 18.4 Å². The van der Waals surface area contributed by atoms with Gasteiger partial charge in [-0.2, -0.15) is 0 Å². The third-order valence-electron chi connectivity index (χ3n) is 2.24. The molecule has 0 saturated heterocycles. The first kappa shape index (κ1) is 5.13. The second-order valence-corrected chi connectivity index (χ2v) is 3.49. The van der Waals surface area contributed by atoms with Gasteiger partial charge in [0.2, 0.25) is 0 Å². The van der Waals surface area contributed by atoms with Gasteiger partial charge in [0.05, 0.1) is 2.74 Å². The smallest absolute Gasteiger partial charge is 0.0752 e. The maximum Gasteiger partial charge on any atom is 0.0752 e. The Morgan fingerprint density at radius 1 is 1.35 bits per heavy atom. The van der Waals surface area contributed by atoms with Crippen molar-refractivity contribution in [1.29, 1.82) is 0 Å². The molecular formula is C15H16ClN. The zero-order chi connectivity index (χ0) is 19.9. The van der Waals surface area contributed by atoms with Crippen LogP contribution in [0, 0.1) is 0 Å². The van der Waals surface area contributed by atoms with Gasteiger partial charge in [-0.3, -0.25) is 4.90 Å². The zero-order valence-corrected chi connectivity index (χ0v) is 9.62. The first-order chi connectivity index (χ1) is 11.8. The number of halogens is 1. The maximum absolute atomic E-state index is 8.43.